The van der Waals surface area contributed by atoms with Crippen molar-refractivity contribution in [1.29, 1.82) is 0 Å². The van der Waals surface area contributed by atoms with Crippen LogP contribution in [0.2, 0.25) is 5.02 Å². The first kappa shape index (κ1) is 12.0. The van der Waals surface area contributed by atoms with Gasteiger partial charge >= 0.3 is 5.97 Å². The van der Waals surface area contributed by atoms with Gasteiger partial charge in [-0.15, -0.1) is 0 Å². The second kappa shape index (κ2) is 4.45. The molecule has 4 N–H and O–H groups in total. The van der Waals surface area contributed by atoms with Crippen LogP contribution in [0.3, 0.4) is 0 Å². The zero-order chi connectivity index (χ0) is 12.6. The van der Waals surface area contributed by atoms with Crippen LogP contribution in [-0.2, 0) is 0 Å². The van der Waals surface area contributed by atoms with Crippen LogP contribution in [0, 0.1) is 5.92 Å². The van der Waals surface area contributed by atoms with E-state index in [2.05, 4.69) is 12.2 Å². The van der Waals surface area contributed by atoms with Gasteiger partial charge in [0.1, 0.15) is 0 Å². The summed E-state index contributed by atoms with van der Waals surface area (Å²) in [6.45, 7) is 2.12. The van der Waals surface area contributed by atoms with Crippen LogP contribution in [-0.4, -0.2) is 17.1 Å². The second-order valence-electron chi connectivity index (χ2n) is 4.39. The van der Waals surface area contributed by atoms with Crippen molar-refractivity contribution in [2.75, 3.05) is 11.1 Å². The van der Waals surface area contributed by atoms with Crippen molar-refractivity contribution in [1.82, 2.24) is 0 Å². The van der Waals surface area contributed by atoms with Crippen LogP contribution in [0.4, 0.5) is 11.4 Å². The molecular weight excluding hydrogens is 240 g/mol. The normalized spacial score (nSPS) is 22.2. The Balaban J connectivity index is 2.28. The molecule has 0 saturated heterocycles. The summed E-state index contributed by atoms with van der Waals surface area (Å²) in [7, 11) is 0. The fourth-order valence-electron chi connectivity index (χ4n) is 2.00. The van der Waals surface area contributed by atoms with Crippen molar-refractivity contribution in [3.63, 3.8) is 0 Å². The van der Waals surface area contributed by atoms with Gasteiger partial charge in [0.2, 0.25) is 0 Å². The number of aromatic carboxylic acids is 1. The lowest BCUT2D eigenvalue weighted by Crippen LogP contribution is -2.11. The number of rotatable bonds is 4. The van der Waals surface area contributed by atoms with Crippen LogP contribution in [0.5, 0.6) is 0 Å². The predicted octanol–water partition coefficient (Wildman–Crippen LogP) is 2.83. The number of carboxylic acids is 1. The first-order chi connectivity index (χ1) is 8.02. The molecule has 0 radical (unpaired) electrons. The molecule has 0 bridgehead atoms. The van der Waals surface area contributed by atoms with E-state index in [4.69, 9.17) is 22.4 Å². The molecule has 1 saturated carbocycles. The molecular formula is C12H15ClN2O2. The van der Waals surface area contributed by atoms with E-state index in [1.165, 1.54) is 6.07 Å². The maximum Gasteiger partial charge on any atom is 0.337 e. The van der Waals surface area contributed by atoms with E-state index in [9.17, 15) is 4.79 Å². The van der Waals surface area contributed by atoms with Crippen LogP contribution in [0.25, 0.3) is 0 Å². The number of nitrogen functional groups attached to an aromatic ring is 1. The van der Waals surface area contributed by atoms with E-state index in [0.29, 0.717) is 28.4 Å². The molecule has 0 amide bonds. The molecule has 1 aromatic carbocycles. The highest BCUT2D eigenvalue weighted by Crippen LogP contribution is 2.39. The minimum Gasteiger partial charge on any atom is -0.478 e. The van der Waals surface area contributed by atoms with Crippen LogP contribution in [0.1, 0.15) is 30.1 Å². The number of nitrogens with one attached hydrogen (secondary N) is 1. The first-order valence-electron chi connectivity index (χ1n) is 5.61. The summed E-state index contributed by atoms with van der Waals surface area (Å²) in [6.07, 6.45) is 2.16. The van der Waals surface area contributed by atoms with Gasteiger partial charge in [0.05, 0.1) is 16.3 Å². The summed E-state index contributed by atoms with van der Waals surface area (Å²) in [4.78, 5) is 11.1. The monoisotopic (exact) mass is 254 g/mol. The number of anilines is 2. The lowest BCUT2D eigenvalue weighted by atomic mass is 10.1. The predicted molar refractivity (Wildman–Crippen MR) is 68.6 cm³/mol. The van der Waals surface area contributed by atoms with E-state index in [-0.39, 0.29) is 5.56 Å². The fourth-order valence-corrected chi connectivity index (χ4v) is 2.29. The number of hydrogen-bond donors (Lipinski definition) is 3. The first-order valence-corrected chi connectivity index (χ1v) is 5.99. The largest absolute Gasteiger partial charge is 0.478 e. The molecule has 0 aromatic heterocycles. The summed E-state index contributed by atoms with van der Waals surface area (Å²) in [5.41, 5.74) is 6.57. The van der Waals surface area contributed by atoms with Gasteiger partial charge in [-0.05, 0) is 24.5 Å². The molecule has 17 heavy (non-hydrogen) atoms. The maximum absolute atomic E-state index is 11.1. The minimum atomic E-state index is -1.02. The van der Waals surface area contributed by atoms with E-state index < -0.39 is 5.97 Å². The Bertz CT molecular complexity index is 462. The maximum atomic E-state index is 11.1. The standard InChI is InChI=1S/C12H15ClN2O2/c1-2-6-3-10(6)15-11-8(12(16)17)4-7(14)5-9(11)13/h4-6,10,15H,2-3,14H2,1H3,(H,16,17). The number of halogens is 1. The molecule has 4 nitrogen and oxygen atoms in total. The molecule has 0 heterocycles. The van der Waals surface area contributed by atoms with E-state index >= 15 is 0 Å². The van der Waals surface area contributed by atoms with Gasteiger partial charge in [-0.25, -0.2) is 4.79 Å². The van der Waals surface area contributed by atoms with Gasteiger partial charge in [-0.1, -0.05) is 24.9 Å². The summed E-state index contributed by atoms with van der Waals surface area (Å²) in [5.74, 6) is -0.402. The number of hydrogen-bond acceptors (Lipinski definition) is 3. The minimum absolute atomic E-state index is 0.136. The second-order valence-corrected chi connectivity index (χ2v) is 4.79. The summed E-state index contributed by atoms with van der Waals surface area (Å²) in [5, 5.41) is 12.7. The molecule has 1 aliphatic carbocycles. The quantitative estimate of drug-likeness (QED) is 0.722. The zero-order valence-corrected chi connectivity index (χ0v) is 10.3. The molecule has 92 valence electrons. The molecule has 2 atom stereocenters. The smallest absolute Gasteiger partial charge is 0.337 e. The molecule has 2 rings (SSSR count). The Morgan fingerprint density at radius 1 is 1.65 bits per heavy atom. The average molecular weight is 255 g/mol. The Morgan fingerprint density at radius 3 is 2.88 bits per heavy atom. The Hall–Kier alpha value is -1.42. The lowest BCUT2D eigenvalue weighted by Gasteiger charge is -2.12. The van der Waals surface area contributed by atoms with E-state index in [1.807, 2.05) is 0 Å². The topological polar surface area (TPSA) is 75.3 Å². The zero-order valence-electron chi connectivity index (χ0n) is 9.53. The van der Waals surface area contributed by atoms with E-state index in [0.717, 1.165) is 12.8 Å². The molecule has 0 spiro atoms. The summed E-state index contributed by atoms with van der Waals surface area (Å²) in [6, 6.07) is 3.33. The van der Waals surface area contributed by atoms with Gasteiger partial charge < -0.3 is 16.2 Å². The van der Waals surface area contributed by atoms with Crippen molar-refractivity contribution in [2.45, 2.75) is 25.8 Å². The number of benzene rings is 1. The van der Waals surface area contributed by atoms with Crippen molar-refractivity contribution < 1.29 is 9.90 Å². The van der Waals surface area contributed by atoms with Crippen LogP contribution < -0.4 is 11.1 Å². The van der Waals surface area contributed by atoms with Crippen molar-refractivity contribution in [2.24, 2.45) is 5.92 Å². The van der Waals surface area contributed by atoms with Crippen LogP contribution in [0.15, 0.2) is 12.1 Å². The molecule has 1 aromatic rings. The summed E-state index contributed by atoms with van der Waals surface area (Å²) < 4.78 is 0. The highest BCUT2D eigenvalue weighted by Gasteiger charge is 2.36. The van der Waals surface area contributed by atoms with Crippen molar-refractivity contribution in [3.8, 4) is 0 Å². The third-order valence-corrected chi connectivity index (χ3v) is 3.42. The Morgan fingerprint density at radius 2 is 2.35 bits per heavy atom. The molecule has 1 aliphatic rings. The van der Waals surface area contributed by atoms with Crippen molar-refractivity contribution >= 4 is 28.9 Å². The van der Waals surface area contributed by atoms with Gasteiger partial charge in [-0.3, -0.25) is 0 Å². The summed E-state index contributed by atoms with van der Waals surface area (Å²) >= 11 is 6.04. The highest BCUT2D eigenvalue weighted by molar-refractivity contribution is 6.34. The van der Waals surface area contributed by atoms with Gasteiger partial charge in [0, 0.05) is 11.7 Å². The van der Waals surface area contributed by atoms with Crippen LogP contribution >= 0.6 is 11.6 Å². The van der Waals surface area contributed by atoms with Gasteiger partial charge in [-0.2, -0.15) is 0 Å². The van der Waals surface area contributed by atoms with Gasteiger partial charge in [0.15, 0.2) is 0 Å². The lowest BCUT2D eigenvalue weighted by molar-refractivity contribution is 0.0698. The molecule has 5 heteroatoms. The third-order valence-electron chi connectivity index (χ3n) is 3.12. The SMILES string of the molecule is CCC1CC1Nc1c(Cl)cc(N)cc1C(=O)O. The Labute approximate surface area is 105 Å². The van der Waals surface area contributed by atoms with Crippen molar-refractivity contribution in [3.05, 3.63) is 22.7 Å². The third kappa shape index (κ3) is 2.47. The fraction of sp³-hybridized carbons (Fsp3) is 0.417. The number of carbonyl (C=O) groups is 1. The number of nitrogens with two attached hydrogens (primary N) is 1. The molecule has 1 fully saturated rings. The van der Waals surface area contributed by atoms with Gasteiger partial charge in [0.25, 0.3) is 0 Å². The highest BCUT2D eigenvalue weighted by atomic mass is 35.5. The average Bonchev–Trinajstić information content (AvgIpc) is 3.00. The Kier molecular flexibility index (Phi) is 3.15. The molecule has 0 aliphatic heterocycles. The molecule has 2 unspecified atom stereocenters. The number of carboxylic acid groups (broad SMARTS) is 1. The van der Waals surface area contributed by atoms with E-state index in [1.54, 1.807) is 6.07 Å².